The van der Waals surface area contributed by atoms with E-state index in [1.165, 1.54) is 0 Å². The molecule has 22 heavy (non-hydrogen) atoms. The van der Waals surface area contributed by atoms with Gasteiger partial charge >= 0.3 is 6.09 Å². The first-order valence-corrected chi connectivity index (χ1v) is 7.18. The number of ether oxygens (including phenoxy) is 1. The minimum atomic E-state index is -0.459. The van der Waals surface area contributed by atoms with E-state index in [0.29, 0.717) is 17.3 Å². The molecule has 3 N–H and O–H groups in total. The van der Waals surface area contributed by atoms with Crippen molar-refractivity contribution in [2.75, 3.05) is 12.3 Å². The molecule has 2 aromatic rings. The molecule has 0 unspecified atom stereocenters. The molecule has 4 nitrogen and oxygen atoms in total. The van der Waals surface area contributed by atoms with Gasteiger partial charge in [0.05, 0.1) is 0 Å². The Morgan fingerprint density at radius 1 is 1.23 bits per heavy atom. The van der Waals surface area contributed by atoms with E-state index in [4.69, 9.17) is 22.1 Å². The zero-order valence-electron chi connectivity index (χ0n) is 12.0. The number of nitrogen functional groups attached to an aromatic ring is 1. The molecule has 0 aliphatic carbocycles. The highest BCUT2D eigenvalue weighted by Gasteiger charge is 2.00. The van der Waals surface area contributed by atoms with Crippen LogP contribution >= 0.6 is 11.6 Å². The smallest absolute Gasteiger partial charge is 0.407 e. The maximum absolute atomic E-state index is 11.5. The van der Waals surface area contributed by atoms with E-state index >= 15 is 0 Å². The van der Waals surface area contributed by atoms with Crippen LogP contribution < -0.4 is 11.1 Å². The molecule has 0 bridgehead atoms. The van der Waals surface area contributed by atoms with Crippen LogP contribution in [0.4, 0.5) is 10.5 Å². The molecule has 0 aromatic heterocycles. The van der Waals surface area contributed by atoms with E-state index in [-0.39, 0.29) is 6.61 Å². The van der Waals surface area contributed by atoms with Crippen LogP contribution in [0.15, 0.2) is 54.6 Å². The lowest BCUT2D eigenvalue weighted by Gasteiger charge is -2.05. The van der Waals surface area contributed by atoms with Crippen molar-refractivity contribution in [1.82, 2.24) is 5.32 Å². The fourth-order valence-corrected chi connectivity index (χ4v) is 2.10. The molecule has 1 amide bonds. The molecular formula is C17H17ClN2O2. The van der Waals surface area contributed by atoms with Gasteiger partial charge in [-0.15, -0.1) is 0 Å². The number of halogens is 1. The second-order valence-electron chi connectivity index (χ2n) is 4.66. The molecule has 0 saturated heterocycles. The lowest BCUT2D eigenvalue weighted by Crippen LogP contribution is -2.24. The molecule has 0 saturated carbocycles. The van der Waals surface area contributed by atoms with Crippen molar-refractivity contribution < 1.29 is 9.53 Å². The Hall–Kier alpha value is -2.46. The maximum atomic E-state index is 11.5. The monoisotopic (exact) mass is 316 g/mol. The number of hydrogen-bond acceptors (Lipinski definition) is 3. The molecule has 0 fully saturated rings. The number of amides is 1. The largest absolute Gasteiger partial charge is 0.445 e. The number of anilines is 1. The van der Waals surface area contributed by atoms with Crippen LogP contribution in [0.5, 0.6) is 0 Å². The number of nitrogens with two attached hydrogens (primary N) is 1. The normalized spacial score (nSPS) is 10.6. The fraction of sp³-hybridized carbons (Fsp3) is 0.118. The second-order valence-corrected chi connectivity index (χ2v) is 5.10. The Balaban J connectivity index is 1.73. The van der Waals surface area contributed by atoms with Gasteiger partial charge in [-0.1, -0.05) is 54.1 Å². The summed E-state index contributed by atoms with van der Waals surface area (Å²) in [7, 11) is 0. The average Bonchev–Trinajstić information content (AvgIpc) is 2.50. The Bertz CT molecular complexity index is 637. The Morgan fingerprint density at radius 2 is 2.00 bits per heavy atom. The summed E-state index contributed by atoms with van der Waals surface area (Å²) in [6.45, 7) is 0.612. The summed E-state index contributed by atoms with van der Waals surface area (Å²) in [6, 6.07) is 14.8. The van der Waals surface area contributed by atoms with Gasteiger partial charge in [0.1, 0.15) is 6.61 Å². The minimum Gasteiger partial charge on any atom is -0.445 e. The Morgan fingerprint density at radius 3 is 2.73 bits per heavy atom. The van der Waals surface area contributed by atoms with Gasteiger partial charge in [-0.3, -0.25) is 0 Å². The maximum Gasteiger partial charge on any atom is 0.407 e. The predicted molar refractivity (Wildman–Crippen MR) is 89.5 cm³/mol. The number of nitrogens with one attached hydrogen (secondary N) is 1. The summed E-state index contributed by atoms with van der Waals surface area (Å²) >= 11 is 5.91. The molecular weight excluding hydrogens is 300 g/mol. The highest BCUT2D eigenvalue weighted by atomic mass is 35.5. The molecule has 0 aliphatic heterocycles. The van der Waals surface area contributed by atoms with E-state index in [9.17, 15) is 4.79 Å². The number of carbonyl (C=O) groups excluding carboxylic acids is 1. The van der Waals surface area contributed by atoms with Gasteiger partial charge in [-0.25, -0.2) is 4.79 Å². The first-order valence-electron chi connectivity index (χ1n) is 6.80. The van der Waals surface area contributed by atoms with Crippen LogP contribution in [0.3, 0.4) is 0 Å². The van der Waals surface area contributed by atoms with Crippen molar-refractivity contribution >= 4 is 29.5 Å². The molecule has 0 atom stereocenters. The summed E-state index contributed by atoms with van der Waals surface area (Å²) in [5, 5.41) is 3.22. The van der Waals surface area contributed by atoms with Crippen LogP contribution in [-0.2, 0) is 11.3 Å². The zero-order valence-corrected chi connectivity index (χ0v) is 12.7. The number of alkyl carbamates (subject to hydrolysis) is 1. The molecule has 0 radical (unpaired) electrons. The van der Waals surface area contributed by atoms with Crippen LogP contribution in [0.2, 0.25) is 5.02 Å². The van der Waals surface area contributed by atoms with E-state index in [0.717, 1.165) is 11.1 Å². The molecule has 114 valence electrons. The number of benzene rings is 2. The van der Waals surface area contributed by atoms with Crippen LogP contribution in [0.1, 0.15) is 11.1 Å². The molecule has 2 aromatic carbocycles. The molecule has 5 heteroatoms. The van der Waals surface area contributed by atoms with Gasteiger partial charge in [0.2, 0.25) is 0 Å². The van der Waals surface area contributed by atoms with Crippen LogP contribution in [-0.4, -0.2) is 12.6 Å². The van der Waals surface area contributed by atoms with Crippen molar-refractivity contribution in [3.05, 3.63) is 70.8 Å². The number of hydrogen-bond donors (Lipinski definition) is 2. The van der Waals surface area contributed by atoms with E-state index in [1.54, 1.807) is 24.3 Å². The standard InChI is InChI=1S/C17H17ClN2O2/c18-15-9-14(10-16(19)11-15)7-4-8-20-17(21)22-12-13-5-2-1-3-6-13/h1-7,9-11H,8,12,19H2,(H,20,21). The molecule has 2 rings (SSSR count). The van der Waals surface area contributed by atoms with Crippen molar-refractivity contribution in [3.63, 3.8) is 0 Å². The number of rotatable bonds is 5. The van der Waals surface area contributed by atoms with Gasteiger partial charge in [0, 0.05) is 17.3 Å². The highest BCUT2D eigenvalue weighted by Crippen LogP contribution is 2.17. The lowest BCUT2D eigenvalue weighted by molar-refractivity contribution is 0.141. The zero-order chi connectivity index (χ0) is 15.8. The number of carbonyl (C=O) groups is 1. The third kappa shape index (κ3) is 5.50. The average molecular weight is 317 g/mol. The fourth-order valence-electron chi connectivity index (χ4n) is 1.84. The topological polar surface area (TPSA) is 64.3 Å². The molecule has 0 heterocycles. The highest BCUT2D eigenvalue weighted by molar-refractivity contribution is 6.31. The molecule has 0 aliphatic rings. The summed E-state index contributed by atoms with van der Waals surface area (Å²) in [6.07, 6.45) is 3.17. The van der Waals surface area contributed by atoms with Gasteiger partial charge in [-0.05, 0) is 29.3 Å². The van der Waals surface area contributed by atoms with E-state index < -0.39 is 6.09 Å². The molecule has 0 spiro atoms. The van der Waals surface area contributed by atoms with E-state index in [2.05, 4.69) is 5.32 Å². The van der Waals surface area contributed by atoms with E-state index in [1.807, 2.05) is 36.4 Å². The predicted octanol–water partition coefficient (Wildman–Crippen LogP) is 3.86. The van der Waals surface area contributed by atoms with Crippen molar-refractivity contribution in [3.8, 4) is 0 Å². The van der Waals surface area contributed by atoms with Gasteiger partial charge in [-0.2, -0.15) is 0 Å². The second kappa shape index (κ2) is 8.10. The van der Waals surface area contributed by atoms with Crippen molar-refractivity contribution in [2.24, 2.45) is 0 Å². The minimum absolute atomic E-state index is 0.251. The lowest BCUT2D eigenvalue weighted by atomic mass is 10.2. The summed E-state index contributed by atoms with van der Waals surface area (Å²) < 4.78 is 5.09. The first kappa shape index (κ1) is 15.9. The SMILES string of the molecule is Nc1cc(Cl)cc(C=CCNC(=O)OCc2ccccc2)c1. The third-order valence-electron chi connectivity index (χ3n) is 2.83. The quantitative estimate of drug-likeness (QED) is 0.823. The third-order valence-corrected chi connectivity index (χ3v) is 3.05. The van der Waals surface area contributed by atoms with Gasteiger partial charge < -0.3 is 15.8 Å². The summed E-state index contributed by atoms with van der Waals surface area (Å²) in [4.78, 5) is 11.5. The Labute approximate surface area is 134 Å². The van der Waals surface area contributed by atoms with Gasteiger partial charge in [0.15, 0.2) is 0 Å². The summed E-state index contributed by atoms with van der Waals surface area (Å²) in [5.74, 6) is 0. The van der Waals surface area contributed by atoms with Crippen LogP contribution in [0, 0.1) is 0 Å². The van der Waals surface area contributed by atoms with Gasteiger partial charge in [0.25, 0.3) is 0 Å². The summed E-state index contributed by atoms with van der Waals surface area (Å²) in [5.41, 5.74) is 8.12. The Kier molecular flexibility index (Phi) is 5.86. The van der Waals surface area contributed by atoms with Crippen molar-refractivity contribution in [1.29, 1.82) is 0 Å². The van der Waals surface area contributed by atoms with Crippen molar-refractivity contribution in [2.45, 2.75) is 6.61 Å². The van der Waals surface area contributed by atoms with Crippen LogP contribution in [0.25, 0.3) is 6.08 Å². The first-order chi connectivity index (χ1) is 10.6.